The monoisotopic (exact) mass is 264 g/mol. The van der Waals surface area contributed by atoms with E-state index in [4.69, 9.17) is 0 Å². The average molecular weight is 265 g/mol. The van der Waals surface area contributed by atoms with Gasteiger partial charge in [0.1, 0.15) is 0 Å². The predicted molar refractivity (Wildman–Crippen MR) is 71.9 cm³/mol. The van der Waals surface area contributed by atoms with Crippen LogP contribution in [0.5, 0.6) is 0 Å². The highest BCUT2D eigenvalue weighted by atomic mass is 28.5. The normalized spacial score (nSPS) is 31.2. The SMILES string of the molecule is CN[SiH]1N(C)[SiH2]N(C)[Si](NC)(NC)N1C. The number of nitrogens with one attached hydrogen (secondary N) is 3. The first-order chi connectivity index (χ1) is 7.03. The van der Waals surface area contributed by atoms with Gasteiger partial charge in [0.15, 0.2) is 9.84 Å². The fraction of sp³-hybridized carbons (Fsp3) is 1.00. The third kappa shape index (κ3) is 2.11. The molecule has 3 N–H and O–H groups in total. The van der Waals surface area contributed by atoms with E-state index in [-0.39, 0.29) is 9.84 Å². The minimum Gasteiger partial charge on any atom is -0.320 e. The second-order valence-corrected chi connectivity index (χ2v) is 14.9. The third-order valence-electron chi connectivity index (χ3n) is 3.24. The van der Waals surface area contributed by atoms with E-state index in [0.29, 0.717) is 0 Å². The summed E-state index contributed by atoms with van der Waals surface area (Å²) >= 11 is 0. The molecule has 0 aliphatic carbocycles. The fourth-order valence-corrected chi connectivity index (χ4v) is 17.8. The van der Waals surface area contributed by atoms with Crippen LogP contribution in [-0.4, -0.2) is 82.8 Å². The van der Waals surface area contributed by atoms with Gasteiger partial charge in [-0.05, 0) is 42.3 Å². The third-order valence-corrected chi connectivity index (χ3v) is 14.9. The van der Waals surface area contributed by atoms with Gasteiger partial charge in [0.2, 0.25) is 0 Å². The Hall–Kier alpha value is 0.411. The smallest absolute Gasteiger partial charge is 0.320 e. The van der Waals surface area contributed by atoms with Crippen LogP contribution >= 0.6 is 0 Å². The van der Waals surface area contributed by atoms with Gasteiger partial charge < -0.3 is 23.4 Å². The van der Waals surface area contributed by atoms with Crippen molar-refractivity contribution >= 4 is 27.8 Å². The number of nitrogens with zero attached hydrogens (tertiary/aromatic N) is 3. The van der Waals surface area contributed by atoms with Gasteiger partial charge in [0.05, 0.1) is 0 Å². The molecule has 0 amide bonds. The first kappa shape index (κ1) is 13.5. The molecule has 1 rings (SSSR count). The summed E-state index contributed by atoms with van der Waals surface area (Å²) in [6, 6.07) is 0. The molecule has 0 aromatic carbocycles. The molecule has 1 fully saturated rings. The molecule has 0 aromatic heterocycles. The molecule has 6 nitrogen and oxygen atoms in total. The highest BCUT2D eigenvalue weighted by Crippen LogP contribution is 2.12. The lowest BCUT2D eigenvalue weighted by Crippen LogP contribution is -2.89. The molecule has 9 heteroatoms. The van der Waals surface area contributed by atoms with E-state index in [2.05, 4.69) is 69.9 Å². The van der Waals surface area contributed by atoms with E-state index in [0.717, 1.165) is 0 Å². The van der Waals surface area contributed by atoms with Crippen molar-refractivity contribution in [2.24, 2.45) is 0 Å². The topological polar surface area (TPSA) is 45.8 Å². The number of rotatable bonds is 3. The molecular formula is C6H24N6Si3. The molecule has 0 bridgehead atoms. The van der Waals surface area contributed by atoms with Gasteiger partial charge in [0, 0.05) is 0 Å². The van der Waals surface area contributed by atoms with Crippen LogP contribution in [0.4, 0.5) is 0 Å². The lowest BCUT2D eigenvalue weighted by Gasteiger charge is -2.54. The maximum atomic E-state index is 3.53. The van der Waals surface area contributed by atoms with Gasteiger partial charge in [-0.25, -0.2) is 0 Å². The van der Waals surface area contributed by atoms with Gasteiger partial charge in [-0.15, -0.1) is 0 Å². The minimum atomic E-state index is -1.78. The first-order valence-corrected chi connectivity index (χ1v) is 10.00. The second kappa shape index (κ2) is 5.16. The molecule has 0 spiro atoms. The minimum absolute atomic E-state index is 0.298. The van der Waals surface area contributed by atoms with Crippen LogP contribution in [0.1, 0.15) is 0 Å². The Kier molecular flexibility index (Phi) is 4.64. The van der Waals surface area contributed by atoms with Gasteiger partial charge >= 0.3 is 8.72 Å². The Bertz CT molecular complexity index is 213. The zero-order valence-electron chi connectivity index (χ0n) is 10.6. The van der Waals surface area contributed by atoms with Crippen LogP contribution < -0.4 is 14.9 Å². The fourth-order valence-electron chi connectivity index (χ4n) is 2.53. The largest absolute Gasteiger partial charge is 0.359 e. The Morgan fingerprint density at radius 2 is 1.60 bits per heavy atom. The summed E-state index contributed by atoms with van der Waals surface area (Å²) in [4.78, 5) is 10.6. The predicted octanol–water partition coefficient (Wildman–Crippen LogP) is -3.39. The Morgan fingerprint density at radius 3 is 2.00 bits per heavy atom. The standard InChI is InChI=1S/C6H24N6Si3/c1-7-14-10(4)13-11(5)15(8-2,9-3)12(14)6/h7-9,14H,13H2,1-6H3. The highest BCUT2D eigenvalue weighted by molar-refractivity contribution is 6.87. The van der Waals surface area contributed by atoms with E-state index in [1.165, 1.54) is 0 Å². The van der Waals surface area contributed by atoms with Crippen molar-refractivity contribution in [1.29, 1.82) is 0 Å². The van der Waals surface area contributed by atoms with Crippen molar-refractivity contribution in [3.63, 3.8) is 0 Å². The van der Waals surface area contributed by atoms with Crippen molar-refractivity contribution < 1.29 is 0 Å². The van der Waals surface area contributed by atoms with Crippen molar-refractivity contribution in [2.45, 2.75) is 0 Å². The van der Waals surface area contributed by atoms with E-state index < -0.39 is 18.0 Å². The van der Waals surface area contributed by atoms with Crippen molar-refractivity contribution in [2.75, 3.05) is 42.3 Å². The summed E-state index contributed by atoms with van der Waals surface area (Å²) in [6.45, 7) is 0. The van der Waals surface area contributed by atoms with Crippen molar-refractivity contribution in [3.05, 3.63) is 0 Å². The van der Waals surface area contributed by atoms with Gasteiger partial charge in [-0.2, -0.15) is 0 Å². The molecular weight excluding hydrogens is 240 g/mol. The summed E-state index contributed by atoms with van der Waals surface area (Å²) in [5.74, 6) is 0. The molecule has 0 radical (unpaired) electrons. The second-order valence-electron chi connectivity index (χ2n) is 4.04. The number of hydrogen-bond acceptors (Lipinski definition) is 6. The van der Waals surface area contributed by atoms with E-state index >= 15 is 0 Å². The molecule has 90 valence electrons. The van der Waals surface area contributed by atoms with Crippen LogP contribution in [0, 0.1) is 0 Å². The van der Waals surface area contributed by atoms with Crippen LogP contribution in [0.3, 0.4) is 0 Å². The Morgan fingerprint density at radius 1 is 1.07 bits per heavy atom. The lowest BCUT2D eigenvalue weighted by molar-refractivity contribution is 0.481. The Labute approximate surface area is 98.1 Å². The summed E-state index contributed by atoms with van der Waals surface area (Å²) < 4.78 is 7.62. The first-order valence-electron chi connectivity index (χ1n) is 5.23. The van der Waals surface area contributed by atoms with Crippen LogP contribution in [0.2, 0.25) is 0 Å². The molecule has 1 saturated heterocycles. The van der Waals surface area contributed by atoms with Gasteiger partial charge in [0.25, 0.3) is 9.28 Å². The molecule has 1 aliphatic rings. The highest BCUT2D eigenvalue weighted by Gasteiger charge is 2.49. The molecule has 1 atom stereocenters. The van der Waals surface area contributed by atoms with Gasteiger partial charge in [-0.3, -0.25) is 4.23 Å². The summed E-state index contributed by atoms with van der Waals surface area (Å²) in [5.41, 5.74) is 0. The van der Waals surface area contributed by atoms with Crippen molar-refractivity contribution in [1.82, 2.24) is 27.6 Å². The lowest BCUT2D eigenvalue weighted by atomic mass is 11.5. The van der Waals surface area contributed by atoms with Crippen LogP contribution in [-0.2, 0) is 0 Å². The van der Waals surface area contributed by atoms with Gasteiger partial charge in [-0.1, -0.05) is 0 Å². The Balaban J connectivity index is 2.95. The number of hydrogen-bond donors (Lipinski definition) is 3. The maximum absolute atomic E-state index is 3.53. The summed E-state index contributed by atoms with van der Waals surface area (Å²) in [5, 5.41) is 0. The van der Waals surface area contributed by atoms with E-state index in [9.17, 15) is 0 Å². The van der Waals surface area contributed by atoms with Crippen molar-refractivity contribution in [3.8, 4) is 0 Å². The molecule has 1 unspecified atom stereocenters. The zero-order chi connectivity index (χ0) is 11.6. The van der Waals surface area contributed by atoms with E-state index in [1.54, 1.807) is 0 Å². The zero-order valence-corrected chi connectivity index (χ0v) is 14.2. The van der Waals surface area contributed by atoms with Crippen LogP contribution in [0.25, 0.3) is 0 Å². The van der Waals surface area contributed by atoms with Crippen LogP contribution in [0.15, 0.2) is 0 Å². The molecule has 15 heavy (non-hydrogen) atoms. The average Bonchev–Trinajstić information content (AvgIpc) is 2.20. The quantitative estimate of drug-likeness (QED) is 0.462. The molecule has 0 aromatic rings. The summed E-state index contributed by atoms with van der Waals surface area (Å²) in [7, 11) is 9.73. The summed E-state index contributed by atoms with van der Waals surface area (Å²) in [6.07, 6.45) is 0. The van der Waals surface area contributed by atoms with E-state index in [1.807, 2.05) is 0 Å². The molecule has 1 aliphatic heterocycles. The molecule has 1 heterocycles. The molecule has 0 saturated carbocycles. The maximum Gasteiger partial charge on any atom is 0.359 e.